The number of ether oxygens (including phenoxy) is 1. The van der Waals surface area contributed by atoms with Crippen molar-refractivity contribution in [2.75, 3.05) is 13.1 Å². The Labute approximate surface area is 190 Å². The molecule has 6 nitrogen and oxygen atoms in total. The van der Waals surface area contributed by atoms with Gasteiger partial charge in [0, 0.05) is 18.7 Å². The Morgan fingerprint density at radius 2 is 1.67 bits per heavy atom. The minimum absolute atomic E-state index is 0. The van der Waals surface area contributed by atoms with Gasteiger partial charge in [-0.25, -0.2) is 4.99 Å². The van der Waals surface area contributed by atoms with Gasteiger partial charge in [-0.3, -0.25) is 4.79 Å². The molecule has 0 aliphatic heterocycles. The van der Waals surface area contributed by atoms with Crippen molar-refractivity contribution in [1.29, 1.82) is 0 Å². The molecule has 0 aliphatic carbocycles. The van der Waals surface area contributed by atoms with Gasteiger partial charge in [0.05, 0.1) is 13.1 Å². The first-order chi connectivity index (χ1) is 13.9. The van der Waals surface area contributed by atoms with Crippen LogP contribution in [0.5, 0.6) is 5.75 Å². The minimum Gasteiger partial charge on any atom is -0.405 e. The van der Waals surface area contributed by atoms with E-state index in [0.29, 0.717) is 19.0 Å². The molecule has 0 heterocycles. The zero-order valence-corrected chi connectivity index (χ0v) is 18.7. The average Bonchev–Trinajstić information content (AvgIpc) is 2.69. The first-order valence-electron chi connectivity index (χ1n) is 9.04. The number of nitrogens with zero attached hydrogens (tertiary/aromatic N) is 1. The Morgan fingerprint density at radius 1 is 1.00 bits per heavy atom. The molecule has 2 aromatic rings. The predicted octanol–water partition coefficient (Wildman–Crippen LogP) is 3.57. The molecule has 0 fully saturated rings. The normalized spacial score (nSPS) is 11.3. The smallest absolute Gasteiger partial charge is 0.405 e. The van der Waals surface area contributed by atoms with Crippen molar-refractivity contribution in [2.24, 2.45) is 4.99 Å². The van der Waals surface area contributed by atoms with E-state index >= 15 is 0 Å². The van der Waals surface area contributed by atoms with Crippen LogP contribution in [0.1, 0.15) is 18.1 Å². The lowest BCUT2D eigenvalue weighted by Crippen LogP contribution is -2.43. The van der Waals surface area contributed by atoms with Crippen LogP contribution in [0, 0.1) is 0 Å². The zero-order chi connectivity index (χ0) is 21.1. The second-order valence-electron chi connectivity index (χ2n) is 5.97. The lowest BCUT2D eigenvalue weighted by atomic mass is 10.2. The second kappa shape index (κ2) is 12.9. The molecule has 2 aromatic carbocycles. The topological polar surface area (TPSA) is 74.8 Å². The van der Waals surface area contributed by atoms with Gasteiger partial charge in [-0.1, -0.05) is 48.5 Å². The van der Waals surface area contributed by atoms with Crippen LogP contribution in [-0.4, -0.2) is 31.3 Å². The monoisotopic (exact) mass is 536 g/mol. The third kappa shape index (κ3) is 9.81. The molecule has 10 heteroatoms. The van der Waals surface area contributed by atoms with Gasteiger partial charge >= 0.3 is 6.36 Å². The molecule has 1 amide bonds. The largest absolute Gasteiger partial charge is 0.573 e. The lowest BCUT2D eigenvalue weighted by molar-refractivity contribution is -0.274. The van der Waals surface area contributed by atoms with Crippen molar-refractivity contribution in [2.45, 2.75) is 26.4 Å². The molecule has 0 aromatic heterocycles. The minimum atomic E-state index is -4.78. The summed E-state index contributed by atoms with van der Waals surface area (Å²) in [6.07, 6.45) is -4.78. The van der Waals surface area contributed by atoms with Crippen LogP contribution in [0.25, 0.3) is 0 Å². The number of aliphatic imine (C=N–C) groups is 1. The van der Waals surface area contributed by atoms with E-state index in [2.05, 4.69) is 25.7 Å². The number of alkyl halides is 3. The van der Waals surface area contributed by atoms with Crippen molar-refractivity contribution in [3.63, 3.8) is 0 Å². The van der Waals surface area contributed by atoms with Crippen molar-refractivity contribution in [3.05, 3.63) is 65.7 Å². The Balaban J connectivity index is 0.00000450. The molecule has 0 radical (unpaired) electrons. The van der Waals surface area contributed by atoms with Gasteiger partial charge in [-0.2, -0.15) is 0 Å². The van der Waals surface area contributed by atoms with Gasteiger partial charge in [0.1, 0.15) is 5.75 Å². The number of amides is 1. The number of nitrogens with one attached hydrogen (secondary N) is 3. The maximum absolute atomic E-state index is 12.5. The van der Waals surface area contributed by atoms with Crippen LogP contribution >= 0.6 is 24.0 Å². The number of carbonyl (C=O) groups excluding carboxylic acids is 1. The molecule has 30 heavy (non-hydrogen) atoms. The quantitative estimate of drug-likeness (QED) is 0.274. The van der Waals surface area contributed by atoms with Crippen molar-refractivity contribution >= 4 is 35.8 Å². The van der Waals surface area contributed by atoms with E-state index in [1.807, 2.05) is 37.3 Å². The number of para-hydroxylation sites is 1. The molecule has 0 saturated heterocycles. The summed E-state index contributed by atoms with van der Waals surface area (Å²) in [6.45, 7) is 2.69. The van der Waals surface area contributed by atoms with E-state index in [0.717, 1.165) is 5.56 Å². The molecule has 3 N–H and O–H groups in total. The first-order valence-corrected chi connectivity index (χ1v) is 9.04. The van der Waals surface area contributed by atoms with E-state index in [4.69, 9.17) is 0 Å². The van der Waals surface area contributed by atoms with Crippen LogP contribution in [0.15, 0.2) is 59.6 Å². The molecular weight excluding hydrogens is 512 g/mol. The van der Waals surface area contributed by atoms with Gasteiger partial charge in [0.25, 0.3) is 0 Å². The number of hydrogen-bond donors (Lipinski definition) is 3. The number of halogens is 4. The van der Waals surface area contributed by atoms with Crippen LogP contribution in [0.2, 0.25) is 0 Å². The molecule has 164 valence electrons. The summed E-state index contributed by atoms with van der Waals surface area (Å²) in [4.78, 5) is 16.2. The molecule has 0 atom stereocenters. The molecule has 0 spiro atoms. The number of benzene rings is 2. The van der Waals surface area contributed by atoms with E-state index in [9.17, 15) is 18.0 Å². The molecule has 0 unspecified atom stereocenters. The third-order valence-electron chi connectivity index (χ3n) is 3.70. The number of guanidine groups is 1. The molecule has 0 aliphatic rings. The van der Waals surface area contributed by atoms with Crippen LogP contribution in [-0.2, 0) is 17.9 Å². The molecular formula is C20H24F3IN4O2. The van der Waals surface area contributed by atoms with E-state index < -0.39 is 6.36 Å². The lowest BCUT2D eigenvalue weighted by Gasteiger charge is -2.14. The van der Waals surface area contributed by atoms with Crippen LogP contribution < -0.4 is 20.7 Å². The van der Waals surface area contributed by atoms with Gasteiger partial charge in [0.2, 0.25) is 5.91 Å². The Bertz CT molecular complexity index is 817. The molecule has 0 saturated carbocycles. The number of hydrogen-bond acceptors (Lipinski definition) is 3. The van der Waals surface area contributed by atoms with Gasteiger partial charge in [-0.05, 0) is 18.6 Å². The maximum atomic E-state index is 12.5. The van der Waals surface area contributed by atoms with Crippen LogP contribution in [0.4, 0.5) is 13.2 Å². The fraction of sp³-hybridized carbons (Fsp3) is 0.300. The summed E-state index contributed by atoms with van der Waals surface area (Å²) >= 11 is 0. The number of rotatable bonds is 8. The first kappa shape index (κ1) is 25.5. The van der Waals surface area contributed by atoms with Gasteiger partial charge in [-0.15, -0.1) is 37.1 Å². The summed E-state index contributed by atoms with van der Waals surface area (Å²) in [5.74, 6) is -0.232. The van der Waals surface area contributed by atoms with E-state index in [1.165, 1.54) is 18.2 Å². The Kier molecular flexibility index (Phi) is 11.0. The standard InChI is InChI=1S/C20H23F3N4O2.HI/c1-2-24-19(27-14-18(28)25-12-15-8-4-3-5-9-15)26-13-16-10-6-7-11-17(16)29-20(21,22)23;/h3-11H,2,12-14H2,1H3,(H,25,28)(H2,24,26,27);1H. The zero-order valence-electron chi connectivity index (χ0n) is 16.3. The fourth-order valence-electron chi connectivity index (χ4n) is 2.39. The van der Waals surface area contributed by atoms with Crippen molar-refractivity contribution in [3.8, 4) is 5.75 Å². The third-order valence-corrected chi connectivity index (χ3v) is 3.70. The Morgan fingerprint density at radius 3 is 2.33 bits per heavy atom. The molecule has 0 bridgehead atoms. The number of carbonyl (C=O) groups is 1. The van der Waals surface area contributed by atoms with Crippen LogP contribution in [0.3, 0.4) is 0 Å². The fourth-order valence-corrected chi connectivity index (χ4v) is 2.39. The highest BCUT2D eigenvalue weighted by molar-refractivity contribution is 14.0. The van der Waals surface area contributed by atoms with Crippen molar-refractivity contribution < 1.29 is 22.7 Å². The van der Waals surface area contributed by atoms with Crippen molar-refractivity contribution in [1.82, 2.24) is 16.0 Å². The van der Waals surface area contributed by atoms with Gasteiger partial charge in [0.15, 0.2) is 5.96 Å². The predicted molar refractivity (Wildman–Crippen MR) is 120 cm³/mol. The maximum Gasteiger partial charge on any atom is 0.573 e. The van der Waals surface area contributed by atoms with E-state index in [-0.39, 0.29) is 54.3 Å². The summed E-state index contributed by atoms with van der Waals surface area (Å²) in [5, 5.41) is 8.58. The molecule has 2 rings (SSSR count). The SMILES string of the molecule is CCNC(=NCc1ccccc1OC(F)(F)F)NCC(=O)NCc1ccccc1.I. The summed E-state index contributed by atoms with van der Waals surface area (Å²) < 4.78 is 41.6. The summed E-state index contributed by atoms with van der Waals surface area (Å²) in [6, 6.07) is 15.3. The Hall–Kier alpha value is -2.50. The van der Waals surface area contributed by atoms with Gasteiger partial charge < -0.3 is 20.7 Å². The average molecular weight is 536 g/mol. The van der Waals surface area contributed by atoms with E-state index in [1.54, 1.807) is 6.07 Å². The second-order valence-corrected chi connectivity index (χ2v) is 5.97. The highest BCUT2D eigenvalue weighted by atomic mass is 127. The highest BCUT2D eigenvalue weighted by Crippen LogP contribution is 2.26. The summed E-state index contributed by atoms with van der Waals surface area (Å²) in [5.41, 5.74) is 1.25. The summed E-state index contributed by atoms with van der Waals surface area (Å²) in [7, 11) is 0. The highest BCUT2D eigenvalue weighted by Gasteiger charge is 2.31.